The number of amides is 1. The Morgan fingerprint density at radius 1 is 1.55 bits per heavy atom. The van der Waals surface area contributed by atoms with Gasteiger partial charge in [-0.25, -0.2) is 4.98 Å². The summed E-state index contributed by atoms with van der Waals surface area (Å²) in [6.45, 7) is 5.40. The van der Waals surface area contributed by atoms with Crippen molar-refractivity contribution < 1.29 is 9.21 Å². The summed E-state index contributed by atoms with van der Waals surface area (Å²) in [5.41, 5.74) is 0.888. The third-order valence-electron chi connectivity index (χ3n) is 3.85. The fraction of sp³-hybridized carbons (Fsp3) is 0.467. The minimum Gasteiger partial charge on any atom is -0.456 e. The van der Waals surface area contributed by atoms with Crippen LogP contribution < -0.4 is 5.32 Å². The van der Waals surface area contributed by atoms with Gasteiger partial charge in [0.25, 0.3) is 5.91 Å². The van der Waals surface area contributed by atoms with Crippen molar-refractivity contribution in [3.8, 4) is 0 Å². The molecular weight excluding hydrogens is 254 g/mol. The van der Waals surface area contributed by atoms with Gasteiger partial charge in [0.2, 0.25) is 0 Å². The third kappa shape index (κ3) is 2.48. The maximum absolute atomic E-state index is 12.1. The molecule has 0 spiro atoms. The summed E-state index contributed by atoms with van der Waals surface area (Å²) in [4.78, 5) is 16.4. The summed E-state index contributed by atoms with van der Waals surface area (Å²) in [7, 11) is 0. The van der Waals surface area contributed by atoms with E-state index in [-0.39, 0.29) is 5.91 Å². The van der Waals surface area contributed by atoms with Crippen molar-refractivity contribution in [2.45, 2.75) is 33.2 Å². The molecule has 3 rings (SSSR count). The fourth-order valence-corrected chi connectivity index (χ4v) is 2.77. The summed E-state index contributed by atoms with van der Waals surface area (Å²) in [5, 5.41) is 2.98. The number of hydrogen-bond donors (Lipinski definition) is 1. The second-order valence-electron chi connectivity index (χ2n) is 5.47. The molecule has 1 unspecified atom stereocenters. The van der Waals surface area contributed by atoms with Crippen molar-refractivity contribution in [3.63, 3.8) is 0 Å². The Kier molecular flexibility index (Phi) is 3.34. The monoisotopic (exact) mass is 273 g/mol. The molecule has 2 aromatic heterocycles. The highest BCUT2D eigenvalue weighted by atomic mass is 16.3. The Labute approximate surface area is 118 Å². The molecular formula is C15H19N3O2. The van der Waals surface area contributed by atoms with Crippen molar-refractivity contribution in [2.75, 3.05) is 6.54 Å². The summed E-state index contributed by atoms with van der Waals surface area (Å²) < 4.78 is 7.61. The molecule has 1 N–H and O–H groups in total. The molecule has 0 radical (unpaired) electrons. The van der Waals surface area contributed by atoms with E-state index in [0.717, 1.165) is 36.5 Å². The molecule has 1 atom stereocenters. The Morgan fingerprint density at radius 2 is 2.40 bits per heavy atom. The molecule has 0 bridgehead atoms. The van der Waals surface area contributed by atoms with E-state index in [4.69, 9.17) is 4.42 Å². The Morgan fingerprint density at radius 3 is 3.15 bits per heavy atom. The summed E-state index contributed by atoms with van der Waals surface area (Å²) in [6, 6.07) is 1.88. The molecule has 0 saturated heterocycles. The number of rotatable bonds is 3. The van der Waals surface area contributed by atoms with Gasteiger partial charge in [-0.1, -0.05) is 0 Å². The van der Waals surface area contributed by atoms with E-state index in [0.29, 0.717) is 18.2 Å². The molecule has 5 nitrogen and oxygen atoms in total. The number of hydrogen-bond acceptors (Lipinski definition) is 3. The van der Waals surface area contributed by atoms with E-state index in [1.54, 1.807) is 0 Å². The summed E-state index contributed by atoms with van der Waals surface area (Å²) in [5.74, 6) is 2.64. The average Bonchev–Trinajstić information content (AvgIpc) is 3.01. The number of furan rings is 1. The lowest BCUT2D eigenvalue weighted by Gasteiger charge is -2.23. The molecule has 1 aliphatic heterocycles. The Balaban J connectivity index is 1.58. The highest BCUT2D eigenvalue weighted by Gasteiger charge is 2.21. The molecule has 1 amide bonds. The Bertz CT molecular complexity index is 627. The number of aryl methyl sites for hydroxylation is 3. The molecule has 2 aromatic rings. The van der Waals surface area contributed by atoms with Gasteiger partial charge in [0.05, 0.1) is 0 Å². The van der Waals surface area contributed by atoms with Gasteiger partial charge in [0, 0.05) is 37.5 Å². The third-order valence-corrected chi connectivity index (χ3v) is 3.85. The van der Waals surface area contributed by atoms with Crippen LogP contribution in [0.25, 0.3) is 0 Å². The standard InChI is InChI=1S/C15H19N3O2/c1-10-7-11(2)20-14(10)15(19)17-9-12-3-5-18-6-4-16-13(18)8-12/h4,6-7,12H,3,5,8-9H2,1-2H3,(H,17,19). The lowest BCUT2D eigenvalue weighted by Crippen LogP contribution is -2.33. The predicted octanol–water partition coefficient (Wildman–Crippen LogP) is 2.09. The zero-order chi connectivity index (χ0) is 14.1. The molecule has 1 aliphatic rings. The second-order valence-corrected chi connectivity index (χ2v) is 5.47. The van der Waals surface area contributed by atoms with Gasteiger partial charge in [-0.3, -0.25) is 4.79 Å². The second kappa shape index (κ2) is 5.15. The van der Waals surface area contributed by atoms with Gasteiger partial charge < -0.3 is 14.3 Å². The number of nitrogens with zero attached hydrogens (tertiary/aromatic N) is 2. The fourth-order valence-electron chi connectivity index (χ4n) is 2.77. The molecule has 0 saturated carbocycles. The Hall–Kier alpha value is -2.04. The zero-order valence-corrected chi connectivity index (χ0v) is 11.8. The number of nitrogens with one attached hydrogen (secondary N) is 1. The smallest absolute Gasteiger partial charge is 0.287 e. The molecule has 20 heavy (non-hydrogen) atoms. The quantitative estimate of drug-likeness (QED) is 0.931. The number of carbonyl (C=O) groups is 1. The molecule has 5 heteroatoms. The lowest BCUT2D eigenvalue weighted by molar-refractivity contribution is 0.0914. The van der Waals surface area contributed by atoms with E-state index in [2.05, 4.69) is 14.9 Å². The SMILES string of the molecule is Cc1cc(C)c(C(=O)NCC2CCn3ccnc3C2)o1. The summed E-state index contributed by atoms with van der Waals surface area (Å²) in [6.07, 6.45) is 5.84. The topological polar surface area (TPSA) is 60.1 Å². The molecule has 106 valence electrons. The van der Waals surface area contributed by atoms with Gasteiger partial charge in [0.15, 0.2) is 5.76 Å². The van der Waals surface area contributed by atoms with E-state index in [1.165, 1.54) is 0 Å². The number of carbonyl (C=O) groups excluding carboxylic acids is 1. The molecule has 0 aliphatic carbocycles. The van der Waals surface area contributed by atoms with Gasteiger partial charge >= 0.3 is 0 Å². The average molecular weight is 273 g/mol. The first-order valence-electron chi connectivity index (χ1n) is 6.98. The van der Waals surface area contributed by atoms with Crippen LogP contribution >= 0.6 is 0 Å². The molecule has 0 aromatic carbocycles. The number of aromatic nitrogens is 2. The van der Waals surface area contributed by atoms with Gasteiger partial charge in [0.1, 0.15) is 11.6 Å². The van der Waals surface area contributed by atoms with Crippen molar-refractivity contribution in [1.29, 1.82) is 0 Å². The first kappa shape index (κ1) is 13.0. The first-order chi connectivity index (χ1) is 9.63. The van der Waals surface area contributed by atoms with Gasteiger partial charge in [-0.2, -0.15) is 0 Å². The van der Waals surface area contributed by atoms with E-state index >= 15 is 0 Å². The van der Waals surface area contributed by atoms with Crippen molar-refractivity contribution in [1.82, 2.24) is 14.9 Å². The number of fused-ring (bicyclic) bond motifs is 1. The van der Waals surface area contributed by atoms with Crippen molar-refractivity contribution >= 4 is 5.91 Å². The van der Waals surface area contributed by atoms with E-state index < -0.39 is 0 Å². The minimum absolute atomic E-state index is 0.121. The van der Waals surface area contributed by atoms with E-state index in [1.807, 2.05) is 32.3 Å². The number of imidazole rings is 1. The van der Waals surface area contributed by atoms with Crippen LogP contribution in [-0.2, 0) is 13.0 Å². The predicted molar refractivity (Wildman–Crippen MR) is 74.6 cm³/mol. The highest BCUT2D eigenvalue weighted by molar-refractivity contribution is 5.92. The minimum atomic E-state index is -0.121. The first-order valence-corrected chi connectivity index (χ1v) is 6.98. The van der Waals surface area contributed by atoms with Crippen molar-refractivity contribution in [3.05, 3.63) is 41.4 Å². The summed E-state index contributed by atoms with van der Waals surface area (Å²) >= 11 is 0. The van der Waals surface area contributed by atoms with Crippen LogP contribution in [0.5, 0.6) is 0 Å². The van der Waals surface area contributed by atoms with Crippen LogP contribution in [0.15, 0.2) is 22.9 Å². The maximum atomic E-state index is 12.1. The van der Waals surface area contributed by atoms with Gasteiger partial charge in [-0.05, 0) is 32.3 Å². The normalized spacial score (nSPS) is 17.8. The van der Waals surface area contributed by atoms with Crippen LogP contribution in [0.1, 0.15) is 34.1 Å². The zero-order valence-electron chi connectivity index (χ0n) is 11.8. The van der Waals surface area contributed by atoms with E-state index in [9.17, 15) is 4.79 Å². The highest BCUT2D eigenvalue weighted by Crippen LogP contribution is 2.19. The van der Waals surface area contributed by atoms with Crippen LogP contribution in [0.4, 0.5) is 0 Å². The largest absolute Gasteiger partial charge is 0.456 e. The van der Waals surface area contributed by atoms with Crippen LogP contribution in [0.2, 0.25) is 0 Å². The van der Waals surface area contributed by atoms with Crippen LogP contribution in [0.3, 0.4) is 0 Å². The maximum Gasteiger partial charge on any atom is 0.287 e. The van der Waals surface area contributed by atoms with Crippen LogP contribution in [0, 0.1) is 19.8 Å². The molecule has 3 heterocycles. The lowest BCUT2D eigenvalue weighted by atomic mass is 9.98. The van der Waals surface area contributed by atoms with Crippen molar-refractivity contribution in [2.24, 2.45) is 5.92 Å². The van der Waals surface area contributed by atoms with Crippen LogP contribution in [-0.4, -0.2) is 22.0 Å². The molecule has 0 fully saturated rings. The van der Waals surface area contributed by atoms with Gasteiger partial charge in [-0.15, -0.1) is 0 Å².